The molecule has 0 fully saturated rings. The van der Waals surface area contributed by atoms with Crippen LogP contribution in [-0.4, -0.2) is 106 Å². The summed E-state index contributed by atoms with van der Waals surface area (Å²) in [5.74, 6) is -5.89. The van der Waals surface area contributed by atoms with Crippen LogP contribution in [0.5, 0.6) is 5.75 Å². The summed E-state index contributed by atoms with van der Waals surface area (Å²) in [6.07, 6.45) is -1.53. The molecular weight excluding hydrogens is 775 g/mol. The van der Waals surface area contributed by atoms with Crippen LogP contribution >= 0.6 is 0 Å². The van der Waals surface area contributed by atoms with Crippen molar-refractivity contribution in [2.24, 2.45) is 28.1 Å². The van der Waals surface area contributed by atoms with E-state index in [2.05, 4.69) is 31.6 Å². The Bertz CT molecular complexity index is 1910. The fourth-order valence-electron chi connectivity index (χ4n) is 5.99. The summed E-state index contributed by atoms with van der Waals surface area (Å²) in [5, 5.41) is 43.3. The standard InChI is InChI=1S/C42H57N9O9/c1-24(2)34(43)39(57)51-35(25(3)52)40(58)47-30(15-10-20-46-42(44)45)36(54)48-31(21-26-11-6-4-7-12-26)37(55)49-32(22-28-16-18-29(53)19-17-28)38(56)50-33(41(59)60)23-27-13-8-5-9-14-27/h4-9,11-14,16-19,24-25,30-35,52-53H,10,15,20-23,43H2,1-3H3,(H,47,58)(H,48,54)(H,49,55)(H,50,56)(H,51,57)(H,59,60)(H4,44,45,46)/t25-,30+,31+,32+,33+,34+,35+/m1/s1. The van der Waals surface area contributed by atoms with Gasteiger partial charge in [-0.2, -0.15) is 0 Å². The molecule has 18 heteroatoms. The Balaban J connectivity index is 1.95. The number of aliphatic hydroxyl groups excluding tert-OH is 1. The number of carbonyl (C=O) groups is 6. The highest BCUT2D eigenvalue weighted by Gasteiger charge is 2.34. The monoisotopic (exact) mass is 831 g/mol. The average molecular weight is 832 g/mol. The zero-order valence-corrected chi connectivity index (χ0v) is 33.9. The molecule has 0 aliphatic rings. The zero-order valence-electron chi connectivity index (χ0n) is 33.9. The van der Waals surface area contributed by atoms with Crippen LogP contribution in [0.1, 0.15) is 50.3 Å². The van der Waals surface area contributed by atoms with E-state index in [0.29, 0.717) is 16.7 Å². The van der Waals surface area contributed by atoms with Gasteiger partial charge in [-0.1, -0.05) is 86.6 Å². The first-order chi connectivity index (χ1) is 28.4. The number of benzene rings is 3. The van der Waals surface area contributed by atoms with Gasteiger partial charge in [-0.25, -0.2) is 4.79 Å². The van der Waals surface area contributed by atoms with E-state index in [-0.39, 0.29) is 56.3 Å². The number of aliphatic imine (C=N–C) groups is 1. The molecule has 0 heterocycles. The summed E-state index contributed by atoms with van der Waals surface area (Å²) < 4.78 is 0. The number of nitrogens with zero attached hydrogens (tertiary/aromatic N) is 1. The smallest absolute Gasteiger partial charge is 0.326 e. The van der Waals surface area contributed by atoms with Gasteiger partial charge in [-0.05, 0) is 54.5 Å². The van der Waals surface area contributed by atoms with Crippen LogP contribution < -0.4 is 43.8 Å². The lowest BCUT2D eigenvalue weighted by atomic mass is 10.0. The topological polar surface area (TPSA) is 314 Å². The third-order valence-corrected chi connectivity index (χ3v) is 9.48. The lowest BCUT2D eigenvalue weighted by Crippen LogP contribution is -2.61. The molecule has 0 saturated carbocycles. The van der Waals surface area contributed by atoms with Gasteiger partial charge in [0.1, 0.15) is 36.0 Å². The van der Waals surface area contributed by atoms with Gasteiger partial charge in [-0.15, -0.1) is 0 Å². The first-order valence-electron chi connectivity index (χ1n) is 19.5. The fourth-order valence-corrected chi connectivity index (χ4v) is 5.99. The van der Waals surface area contributed by atoms with Crippen LogP contribution in [-0.2, 0) is 48.0 Å². The van der Waals surface area contributed by atoms with E-state index in [1.54, 1.807) is 86.6 Å². The van der Waals surface area contributed by atoms with Crippen LogP contribution in [0.25, 0.3) is 0 Å². The molecule has 7 atom stereocenters. The van der Waals surface area contributed by atoms with Crippen molar-refractivity contribution in [1.29, 1.82) is 0 Å². The molecule has 0 aliphatic carbocycles. The lowest BCUT2D eigenvalue weighted by Gasteiger charge is -2.28. The number of phenols is 1. The van der Waals surface area contributed by atoms with E-state index in [4.69, 9.17) is 17.2 Å². The quantitative estimate of drug-likeness (QED) is 0.0323. The number of aliphatic carboxylic acids is 1. The molecular formula is C42H57N9O9. The summed E-state index contributed by atoms with van der Waals surface area (Å²) in [6, 6.07) is 15.3. The zero-order chi connectivity index (χ0) is 44.4. The van der Waals surface area contributed by atoms with Crippen molar-refractivity contribution in [2.75, 3.05) is 6.54 Å². The minimum Gasteiger partial charge on any atom is -0.508 e. The number of carbonyl (C=O) groups excluding carboxylic acids is 5. The van der Waals surface area contributed by atoms with Crippen molar-refractivity contribution in [3.05, 3.63) is 102 Å². The third-order valence-electron chi connectivity index (χ3n) is 9.48. The second-order valence-corrected chi connectivity index (χ2v) is 14.8. The molecule has 3 rings (SSSR count). The van der Waals surface area contributed by atoms with Gasteiger partial charge >= 0.3 is 5.97 Å². The Labute approximate surface area is 348 Å². The molecule has 14 N–H and O–H groups in total. The fraction of sp³-hybridized carbons (Fsp3) is 0.405. The minimum atomic E-state index is -1.51. The van der Waals surface area contributed by atoms with Crippen molar-refractivity contribution in [3.63, 3.8) is 0 Å². The number of rotatable bonds is 23. The molecule has 0 aromatic heterocycles. The van der Waals surface area contributed by atoms with Crippen molar-refractivity contribution < 1.29 is 44.1 Å². The second kappa shape index (κ2) is 23.8. The van der Waals surface area contributed by atoms with E-state index in [1.807, 2.05) is 0 Å². The highest BCUT2D eigenvalue weighted by atomic mass is 16.4. The van der Waals surface area contributed by atoms with Crippen molar-refractivity contribution in [3.8, 4) is 5.75 Å². The summed E-state index contributed by atoms with van der Waals surface area (Å²) in [4.78, 5) is 84.9. The predicted molar refractivity (Wildman–Crippen MR) is 224 cm³/mol. The Morgan fingerprint density at radius 2 is 1.03 bits per heavy atom. The minimum absolute atomic E-state index is 0.0375. The molecule has 5 amide bonds. The first-order valence-corrected chi connectivity index (χ1v) is 19.5. The number of nitrogens with two attached hydrogens (primary N) is 3. The molecule has 3 aromatic carbocycles. The number of amides is 5. The van der Waals surface area contributed by atoms with E-state index < -0.39 is 77.9 Å². The number of hydrogen-bond donors (Lipinski definition) is 11. The molecule has 3 aromatic rings. The number of aromatic hydroxyl groups is 1. The van der Waals surface area contributed by atoms with E-state index >= 15 is 0 Å². The van der Waals surface area contributed by atoms with Crippen molar-refractivity contribution >= 4 is 41.5 Å². The van der Waals surface area contributed by atoms with Gasteiger partial charge in [0.05, 0.1) is 12.1 Å². The van der Waals surface area contributed by atoms with Gasteiger partial charge in [0, 0.05) is 25.8 Å². The maximum absolute atomic E-state index is 14.3. The highest BCUT2D eigenvalue weighted by Crippen LogP contribution is 2.14. The second-order valence-electron chi connectivity index (χ2n) is 14.8. The number of carboxylic acids is 1. The van der Waals surface area contributed by atoms with E-state index in [1.165, 1.54) is 19.1 Å². The van der Waals surface area contributed by atoms with Gasteiger partial charge in [0.25, 0.3) is 0 Å². The summed E-state index contributed by atoms with van der Waals surface area (Å²) >= 11 is 0. The molecule has 0 aliphatic heterocycles. The average Bonchev–Trinajstić information content (AvgIpc) is 3.20. The molecule has 324 valence electrons. The van der Waals surface area contributed by atoms with Gasteiger partial charge < -0.3 is 59.1 Å². The number of nitrogens with one attached hydrogen (secondary N) is 5. The largest absolute Gasteiger partial charge is 0.508 e. The van der Waals surface area contributed by atoms with E-state index in [0.717, 1.165) is 0 Å². The van der Waals surface area contributed by atoms with Gasteiger partial charge in [0.2, 0.25) is 29.5 Å². The number of guanidine groups is 1. The third kappa shape index (κ3) is 16.0. The predicted octanol–water partition coefficient (Wildman–Crippen LogP) is -0.654. The molecule has 0 saturated heterocycles. The van der Waals surface area contributed by atoms with Crippen LogP contribution in [0, 0.1) is 5.92 Å². The van der Waals surface area contributed by atoms with Crippen LogP contribution in [0.4, 0.5) is 0 Å². The summed E-state index contributed by atoms with van der Waals surface area (Å²) in [7, 11) is 0. The normalized spacial score (nSPS) is 14.5. The molecule has 18 nitrogen and oxygen atoms in total. The Morgan fingerprint density at radius 3 is 1.48 bits per heavy atom. The van der Waals surface area contributed by atoms with Crippen molar-refractivity contribution in [2.45, 2.75) is 95.2 Å². The van der Waals surface area contributed by atoms with Gasteiger partial charge in [-0.3, -0.25) is 29.0 Å². The Kier molecular flexibility index (Phi) is 19.0. The summed E-state index contributed by atoms with van der Waals surface area (Å²) in [6.45, 7) is 4.78. The SMILES string of the molecule is CC(C)[C@H](N)C(=O)N[C@H](C(=O)N[C@@H](CCCN=C(N)N)C(=O)N[C@@H](Cc1ccccc1)C(=O)N[C@@H](Cc1ccc(O)cc1)C(=O)N[C@@H](Cc1ccccc1)C(=O)O)[C@@H](C)O. The highest BCUT2D eigenvalue weighted by molar-refractivity contribution is 5.96. The first kappa shape index (κ1) is 47.8. The van der Waals surface area contributed by atoms with Crippen molar-refractivity contribution in [1.82, 2.24) is 26.6 Å². The summed E-state index contributed by atoms with van der Waals surface area (Å²) in [5.41, 5.74) is 18.7. The van der Waals surface area contributed by atoms with Crippen LogP contribution in [0.2, 0.25) is 0 Å². The number of phenolic OH excluding ortho intramolecular Hbond substituents is 1. The molecule has 60 heavy (non-hydrogen) atoms. The molecule has 0 radical (unpaired) electrons. The number of hydrogen-bond acceptors (Lipinski definition) is 10. The van der Waals surface area contributed by atoms with Crippen LogP contribution in [0.15, 0.2) is 89.9 Å². The molecule has 0 bridgehead atoms. The Morgan fingerprint density at radius 1 is 0.600 bits per heavy atom. The number of aliphatic hydroxyl groups is 1. The maximum Gasteiger partial charge on any atom is 0.326 e. The Hall–Kier alpha value is -6.53. The molecule has 0 unspecified atom stereocenters. The lowest BCUT2D eigenvalue weighted by molar-refractivity contribution is -0.142. The van der Waals surface area contributed by atoms with Gasteiger partial charge in [0.15, 0.2) is 5.96 Å². The van der Waals surface area contributed by atoms with Crippen LogP contribution in [0.3, 0.4) is 0 Å². The number of carboxylic acid groups (broad SMARTS) is 1. The maximum atomic E-state index is 14.3. The van der Waals surface area contributed by atoms with E-state index in [9.17, 15) is 44.1 Å². The molecule has 0 spiro atoms.